The Bertz CT molecular complexity index is 1100. The molecule has 2 aromatic heterocycles. The standard InChI is InChI=1S/C23H20BrN3O/c24-18-14-20-21(16-6-8-19(9-7-16)27-10-12-28-13-11-27)22(26-23(20)25-15-18)17-4-2-1-3-5-17/h1-9,14-15H,10-13H2,(H,25,26). The van der Waals surface area contributed by atoms with E-state index in [0.29, 0.717) is 0 Å². The molecule has 1 N–H and O–H groups in total. The zero-order valence-electron chi connectivity index (χ0n) is 15.4. The van der Waals surface area contributed by atoms with Gasteiger partial charge in [-0.25, -0.2) is 4.98 Å². The molecule has 0 spiro atoms. The van der Waals surface area contributed by atoms with E-state index < -0.39 is 0 Å². The van der Waals surface area contributed by atoms with E-state index in [0.717, 1.165) is 53.1 Å². The number of halogens is 1. The summed E-state index contributed by atoms with van der Waals surface area (Å²) in [6, 6.07) is 21.4. The number of hydrogen-bond acceptors (Lipinski definition) is 3. The van der Waals surface area contributed by atoms with Gasteiger partial charge in [-0.15, -0.1) is 0 Å². The molecule has 1 aliphatic heterocycles. The molecule has 2 aromatic carbocycles. The van der Waals surface area contributed by atoms with Crippen LogP contribution in [0.2, 0.25) is 0 Å². The van der Waals surface area contributed by atoms with E-state index in [4.69, 9.17) is 4.74 Å². The van der Waals surface area contributed by atoms with Crippen molar-refractivity contribution in [3.63, 3.8) is 0 Å². The molecule has 0 saturated carbocycles. The number of H-pyrrole nitrogens is 1. The Morgan fingerprint density at radius 3 is 2.43 bits per heavy atom. The molecule has 1 fully saturated rings. The Balaban J connectivity index is 1.64. The third-order valence-electron chi connectivity index (χ3n) is 5.21. The minimum absolute atomic E-state index is 0.794. The minimum Gasteiger partial charge on any atom is -0.378 e. The molecule has 1 saturated heterocycles. The molecule has 0 aliphatic carbocycles. The van der Waals surface area contributed by atoms with Gasteiger partial charge in [-0.05, 0) is 45.3 Å². The van der Waals surface area contributed by atoms with Crippen LogP contribution in [0, 0.1) is 0 Å². The van der Waals surface area contributed by atoms with Gasteiger partial charge < -0.3 is 14.6 Å². The molecule has 4 aromatic rings. The van der Waals surface area contributed by atoms with Crippen molar-refractivity contribution in [1.82, 2.24) is 9.97 Å². The second kappa shape index (κ2) is 7.41. The maximum Gasteiger partial charge on any atom is 0.138 e. The molecule has 3 heterocycles. The van der Waals surface area contributed by atoms with Crippen molar-refractivity contribution < 1.29 is 4.74 Å². The molecular weight excluding hydrogens is 414 g/mol. The van der Waals surface area contributed by atoms with Crippen molar-refractivity contribution in [2.24, 2.45) is 0 Å². The molecule has 5 heteroatoms. The minimum atomic E-state index is 0.794. The fourth-order valence-corrected chi connectivity index (χ4v) is 4.16. The maximum atomic E-state index is 5.47. The van der Waals surface area contributed by atoms with Crippen molar-refractivity contribution in [3.05, 3.63) is 71.3 Å². The summed E-state index contributed by atoms with van der Waals surface area (Å²) in [7, 11) is 0. The van der Waals surface area contributed by atoms with Crippen LogP contribution < -0.4 is 4.90 Å². The van der Waals surface area contributed by atoms with Gasteiger partial charge in [-0.3, -0.25) is 0 Å². The van der Waals surface area contributed by atoms with Crippen LogP contribution in [0.1, 0.15) is 0 Å². The van der Waals surface area contributed by atoms with Gasteiger partial charge in [0.25, 0.3) is 0 Å². The first-order valence-corrected chi connectivity index (χ1v) is 10.2. The molecule has 5 rings (SSSR count). The molecule has 0 bridgehead atoms. The first kappa shape index (κ1) is 17.5. The molecule has 28 heavy (non-hydrogen) atoms. The molecular formula is C23H20BrN3O. The van der Waals surface area contributed by atoms with E-state index in [2.05, 4.69) is 85.4 Å². The second-order valence-corrected chi connectivity index (χ2v) is 7.85. The van der Waals surface area contributed by atoms with E-state index in [9.17, 15) is 0 Å². The highest BCUT2D eigenvalue weighted by atomic mass is 79.9. The van der Waals surface area contributed by atoms with Gasteiger partial charge in [0.15, 0.2) is 0 Å². The van der Waals surface area contributed by atoms with Crippen molar-refractivity contribution in [3.8, 4) is 22.4 Å². The lowest BCUT2D eigenvalue weighted by Crippen LogP contribution is -2.36. The van der Waals surface area contributed by atoms with Gasteiger partial charge in [0.2, 0.25) is 0 Å². The Morgan fingerprint density at radius 1 is 0.929 bits per heavy atom. The highest BCUT2D eigenvalue weighted by molar-refractivity contribution is 9.10. The largest absolute Gasteiger partial charge is 0.378 e. The topological polar surface area (TPSA) is 41.2 Å². The average Bonchev–Trinajstić information content (AvgIpc) is 3.14. The summed E-state index contributed by atoms with van der Waals surface area (Å²) in [6.45, 7) is 3.47. The van der Waals surface area contributed by atoms with Gasteiger partial charge in [-0.2, -0.15) is 0 Å². The van der Waals surface area contributed by atoms with E-state index in [-0.39, 0.29) is 0 Å². The second-order valence-electron chi connectivity index (χ2n) is 6.94. The molecule has 140 valence electrons. The number of pyridine rings is 1. The van der Waals surface area contributed by atoms with E-state index in [1.165, 1.54) is 16.8 Å². The van der Waals surface area contributed by atoms with Crippen LogP contribution in [-0.4, -0.2) is 36.3 Å². The Labute approximate surface area is 172 Å². The Hall–Kier alpha value is -2.63. The quantitative estimate of drug-likeness (QED) is 0.463. The number of benzene rings is 2. The fraction of sp³-hybridized carbons (Fsp3) is 0.174. The molecule has 1 aliphatic rings. The highest BCUT2D eigenvalue weighted by Crippen LogP contribution is 2.39. The summed E-state index contributed by atoms with van der Waals surface area (Å²) in [4.78, 5) is 10.5. The lowest BCUT2D eigenvalue weighted by Gasteiger charge is -2.29. The number of nitrogens with zero attached hydrogens (tertiary/aromatic N) is 2. The van der Waals surface area contributed by atoms with Crippen molar-refractivity contribution in [2.45, 2.75) is 0 Å². The molecule has 0 atom stereocenters. The van der Waals surface area contributed by atoms with E-state index in [1.807, 2.05) is 12.3 Å². The van der Waals surface area contributed by atoms with Gasteiger partial charge in [0, 0.05) is 40.4 Å². The summed E-state index contributed by atoms with van der Waals surface area (Å²) in [6.07, 6.45) is 1.83. The summed E-state index contributed by atoms with van der Waals surface area (Å²) in [5, 5.41) is 1.12. The predicted molar refractivity (Wildman–Crippen MR) is 118 cm³/mol. The molecule has 0 amide bonds. The summed E-state index contributed by atoms with van der Waals surface area (Å²) in [5.41, 5.74) is 6.76. The number of anilines is 1. The van der Waals surface area contributed by atoms with Crippen LogP contribution in [0.3, 0.4) is 0 Å². The summed E-state index contributed by atoms with van der Waals surface area (Å²) < 4.78 is 6.45. The SMILES string of the molecule is Brc1cnc2[nH]c(-c3ccccc3)c(-c3ccc(N4CCOCC4)cc3)c2c1. The number of aromatic amines is 1. The number of aromatic nitrogens is 2. The average molecular weight is 434 g/mol. The van der Waals surface area contributed by atoms with Crippen LogP contribution in [-0.2, 0) is 4.74 Å². The summed E-state index contributed by atoms with van der Waals surface area (Å²) >= 11 is 3.57. The van der Waals surface area contributed by atoms with Crippen molar-refractivity contribution in [1.29, 1.82) is 0 Å². The van der Waals surface area contributed by atoms with Crippen LogP contribution in [0.25, 0.3) is 33.4 Å². The molecule has 0 unspecified atom stereocenters. The maximum absolute atomic E-state index is 5.47. The van der Waals surface area contributed by atoms with Crippen LogP contribution in [0.5, 0.6) is 0 Å². The smallest absolute Gasteiger partial charge is 0.138 e. The number of hydrogen-bond donors (Lipinski definition) is 1. The summed E-state index contributed by atoms with van der Waals surface area (Å²) in [5.74, 6) is 0. The number of fused-ring (bicyclic) bond motifs is 1. The van der Waals surface area contributed by atoms with Gasteiger partial charge in [-0.1, -0.05) is 42.5 Å². The van der Waals surface area contributed by atoms with Crippen molar-refractivity contribution in [2.75, 3.05) is 31.2 Å². The number of morpholine rings is 1. The Morgan fingerprint density at radius 2 is 1.68 bits per heavy atom. The van der Waals surface area contributed by atoms with E-state index >= 15 is 0 Å². The zero-order chi connectivity index (χ0) is 18.9. The van der Waals surface area contributed by atoms with Gasteiger partial charge in [0.1, 0.15) is 5.65 Å². The first-order chi connectivity index (χ1) is 13.8. The van der Waals surface area contributed by atoms with Gasteiger partial charge >= 0.3 is 0 Å². The Kier molecular flexibility index (Phi) is 4.63. The fourth-order valence-electron chi connectivity index (χ4n) is 3.83. The number of nitrogens with one attached hydrogen (secondary N) is 1. The van der Waals surface area contributed by atoms with E-state index in [1.54, 1.807) is 0 Å². The highest BCUT2D eigenvalue weighted by Gasteiger charge is 2.17. The third-order valence-corrected chi connectivity index (χ3v) is 5.65. The predicted octanol–water partition coefficient (Wildman–Crippen LogP) is 5.50. The van der Waals surface area contributed by atoms with Crippen molar-refractivity contribution >= 4 is 32.7 Å². The van der Waals surface area contributed by atoms with Crippen LogP contribution in [0.4, 0.5) is 5.69 Å². The first-order valence-electron chi connectivity index (χ1n) is 9.45. The lowest BCUT2D eigenvalue weighted by atomic mass is 9.98. The zero-order valence-corrected chi connectivity index (χ0v) is 16.9. The molecule has 4 nitrogen and oxygen atoms in total. The lowest BCUT2D eigenvalue weighted by molar-refractivity contribution is 0.122. The van der Waals surface area contributed by atoms with Crippen LogP contribution >= 0.6 is 15.9 Å². The molecule has 0 radical (unpaired) electrons. The van der Waals surface area contributed by atoms with Gasteiger partial charge in [0.05, 0.1) is 18.9 Å². The normalized spacial score (nSPS) is 14.5. The number of ether oxygens (including phenoxy) is 1. The van der Waals surface area contributed by atoms with Crippen LogP contribution in [0.15, 0.2) is 71.3 Å². The number of rotatable bonds is 3. The monoisotopic (exact) mass is 433 g/mol. The third kappa shape index (κ3) is 3.21.